The van der Waals surface area contributed by atoms with Gasteiger partial charge in [-0.05, 0) is 48.5 Å². The number of rotatable bonds is 4. The number of nitrogens with zero attached hydrogens (tertiary/aromatic N) is 7. The summed E-state index contributed by atoms with van der Waals surface area (Å²) in [4.78, 5) is 25.7. The summed E-state index contributed by atoms with van der Waals surface area (Å²) in [6, 6.07) is 15.0. The third-order valence-corrected chi connectivity index (χ3v) is 6.02. The lowest BCUT2D eigenvalue weighted by atomic mass is 10.2. The van der Waals surface area contributed by atoms with Gasteiger partial charge in [0.25, 0.3) is 5.91 Å². The largest absolute Gasteiger partial charge is 0.497 e. The number of halogens is 1. The number of piperazine rings is 1. The zero-order chi connectivity index (χ0) is 22.1. The topological polar surface area (TPSA) is 89.3 Å². The number of methoxy groups -OCH3 is 1. The molecule has 2 aromatic heterocycles. The predicted octanol–water partition coefficient (Wildman–Crippen LogP) is 2.94. The fraction of sp³-hybridized carbons (Fsp3) is 0.227. The molecule has 4 aromatic rings. The van der Waals surface area contributed by atoms with Crippen molar-refractivity contribution >= 4 is 38.8 Å². The van der Waals surface area contributed by atoms with Crippen LogP contribution in [0.25, 0.3) is 16.9 Å². The molecular weight excluding hydrogens is 474 g/mol. The average molecular weight is 494 g/mol. The van der Waals surface area contributed by atoms with Crippen LogP contribution in [0, 0.1) is 0 Å². The zero-order valence-corrected chi connectivity index (χ0v) is 18.9. The fourth-order valence-electron chi connectivity index (χ4n) is 3.76. The second-order valence-corrected chi connectivity index (χ2v) is 8.27. The molecule has 5 rings (SSSR count). The van der Waals surface area contributed by atoms with Crippen molar-refractivity contribution in [2.24, 2.45) is 0 Å². The van der Waals surface area contributed by atoms with Crippen LogP contribution in [0.3, 0.4) is 0 Å². The van der Waals surface area contributed by atoms with E-state index in [1.54, 1.807) is 11.8 Å². The van der Waals surface area contributed by atoms with Gasteiger partial charge in [-0.3, -0.25) is 4.79 Å². The molecule has 9 nitrogen and oxygen atoms in total. The second kappa shape index (κ2) is 8.54. The molecule has 0 atom stereocenters. The first-order chi connectivity index (χ1) is 15.6. The van der Waals surface area contributed by atoms with Gasteiger partial charge in [-0.15, -0.1) is 5.10 Å². The predicted molar refractivity (Wildman–Crippen MR) is 123 cm³/mol. The molecule has 3 heterocycles. The van der Waals surface area contributed by atoms with E-state index in [2.05, 4.69) is 41.1 Å². The molecule has 0 bridgehead atoms. The summed E-state index contributed by atoms with van der Waals surface area (Å²) in [6.45, 7) is 2.52. The van der Waals surface area contributed by atoms with Crippen LogP contribution in [0.5, 0.6) is 5.75 Å². The van der Waals surface area contributed by atoms with Crippen molar-refractivity contribution in [3.05, 3.63) is 64.9 Å². The van der Waals surface area contributed by atoms with Gasteiger partial charge in [0.15, 0.2) is 17.0 Å². The Morgan fingerprint density at radius 3 is 2.38 bits per heavy atom. The summed E-state index contributed by atoms with van der Waals surface area (Å²) in [6.07, 6.45) is 1.53. The normalized spacial score (nSPS) is 14.1. The first kappa shape index (κ1) is 20.4. The molecule has 0 N–H and O–H groups in total. The van der Waals surface area contributed by atoms with Crippen molar-refractivity contribution < 1.29 is 9.53 Å². The van der Waals surface area contributed by atoms with Crippen LogP contribution in [0.4, 0.5) is 5.82 Å². The SMILES string of the molecule is COc1ccc(-n2nnc3c(N4CCN(C(=O)c5ccc(Br)cc5)CC4)ncnc32)cc1. The molecule has 10 heteroatoms. The smallest absolute Gasteiger partial charge is 0.253 e. The van der Waals surface area contributed by atoms with E-state index in [9.17, 15) is 4.79 Å². The van der Waals surface area contributed by atoms with Crippen molar-refractivity contribution in [1.29, 1.82) is 0 Å². The Labute approximate surface area is 192 Å². The highest BCUT2D eigenvalue weighted by molar-refractivity contribution is 9.10. The van der Waals surface area contributed by atoms with E-state index in [4.69, 9.17) is 4.74 Å². The molecule has 32 heavy (non-hydrogen) atoms. The number of aromatic nitrogens is 5. The van der Waals surface area contributed by atoms with E-state index in [-0.39, 0.29) is 5.91 Å². The van der Waals surface area contributed by atoms with Gasteiger partial charge in [0.2, 0.25) is 0 Å². The van der Waals surface area contributed by atoms with Crippen molar-refractivity contribution in [1.82, 2.24) is 29.9 Å². The average Bonchev–Trinajstić information content (AvgIpc) is 3.29. The summed E-state index contributed by atoms with van der Waals surface area (Å²) in [5.41, 5.74) is 2.79. The van der Waals surface area contributed by atoms with Crippen molar-refractivity contribution in [3.63, 3.8) is 0 Å². The number of ether oxygens (including phenoxy) is 1. The highest BCUT2D eigenvalue weighted by Crippen LogP contribution is 2.25. The molecule has 1 amide bonds. The Bertz CT molecular complexity index is 1250. The molecule has 1 fully saturated rings. The molecule has 0 unspecified atom stereocenters. The Kier molecular flexibility index (Phi) is 5.44. The lowest BCUT2D eigenvalue weighted by Gasteiger charge is -2.35. The number of hydrogen-bond acceptors (Lipinski definition) is 7. The standard InChI is InChI=1S/C22H20BrN7O2/c1-32-18-8-6-17(7-9-18)30-21-19(26-27-30)20(24-14-25-21)28-10-12-29(13-11-28)22(31)15-2-4-16(23)5-3-15/h2-9,14H,10-13H2,1H3. The van der Waals surface area contributed by atoms with E-state index in [1.807, 2.05) is 53.4 Å². The Balaban J connectivity index is 1.35. The monoisotopic (exact) mass is 493 g/mol. The van der Waals surface area contributed by atoms with Crippen LogP contribution >= 0.6 is 15.9 Å². The number of amides is 1. The van der Waals surface area contributed by atoms with Crippen LogP contribution in [0.1, 0.15) is 10.4 Å². The summed E-state index contributed by atoms with van der Waals surface area (Å²) in [5, 5.41) is 8.65. The molecule has 1 saturated heterocycles. The van der Waals surface area contributed by atoms with Gasteiger partial charge in [0, 0.05) is 36.2 Å². The maximum Gasteiger partial charge on any atom is 0.253 e. The quantitative estimate of drug-likeness (QED) is 0.431. The second-order valence-electron chi connectivity index (χ2n) is 7.35. The molecule has 0 aliphatic carbocycles. The van der Waals surface area contributed by atoms with Crippen LogP contribution in [-0.2, 0) is 0 Å². The lowest BCUT2D eigenvalue weighted by Crippen LogP contribution is -2.49. The maximum absolute atomic E-state index is 12.8. The number of fused-ring (bicyclic) bond motifs is 1. The third kappa shape index (κ3) is 3.77. The summed E-state index contributed by atoms with van der Waals surface area (Å²) < 4.78 is 7.86. The van der Waals surface area contributed by atoms with E-state index in [0.717, 1.165) is 21.7 Å². The minimum absolute atomic E-state index is 0.0374. The number of carbonyl (C=O) groups excluding carboxylic acids is 1. The van der Waals surface area contributed by atoms with Crippen LogP contribution < -0.4 is 9.64 Å². The van der Waals surface area contributed by atoms with Crippen molar-refractivity contribution in [3.8, 4) is 11.4 Å². The van der Waals surface area contributed by atoms with Gasteiger partial charge in [-0.2, -0.15) is 4.68 Å². The van der Waals surface area contributed by atoms with E-state index in [0.29, 0.717) is 42.9 Å². The first-order valence-electron chi connectivity index (χ1n) is 10.1. The van der Waals surface area contributed by atoms with E-state index >= 15 is 0 Å². The minimum Gasteiger partial charge on any atom is -0.497 e. The molecular formula is C22H20BrN7O2. The third-order valence-electron chi connectivity index (χ3n) is 5.49. The number of carbonyl (C=O) groups is 1. The fourth-order valence-corrected chi connectivity index (χ4v) is 4.03. The Hall–Kier alpha value is -3.53. The molecule has 0 radical (unpaired) electrons. The Morgan fingerprint density at radius 2 is 1.69 bits per heavy atom. The molecule has 0 saturated carbocycles. The van der Waals surface area contributed by atoms with Crippen LogP contribution in [0.15, 0.2) is 59.3 Å². The van der Waals surface area contributed by atoms with E-state index < -0.39 is 0 Å². The van der Waals surface area contributed by atoms with Gasteiger partial charge in [-0.25, -0.2) is 9.97 Å². The summed E-state index contributed by atoms with van der Waals surface area (Å²) in [5.74, 6) is 1.53. The highest BCUT2D eigenvalue weighted by Gasteiger charge is 2.25. The number of anilines is 1. The van der Waals surface area contributed by atoms with Gasteiger partial charge in [0.05, 0.1) is 12.8 Å². The van der Waals surface area contributed by atoms with Crippen molar-refractivity contribution in [2.45, 2.75) is 0 Å². The van der Waals surface area contributed by atoms with Crippen LogP contribution in [-0.4, -0.2) is 69.1 Å². The first-order valence-corrected chi connectivity index (χ1v) is 10.9. The molecule has 1 aliphatic rings. The maximum atomic E-state index is 12.8. The molecule has 2 aromatic carbocycles. The highest BCUT2D eigenvalue weighted by atomic mass is 79.9. The Morgan fingerprint density at radius 1 is 0.969 bits per heavy atom. The number of benzene rings is 2. The summed E-state index contributed by atoms with van der Waals surface area (Å²) >= 11 is 3.41. The van der Waals surface area contributed by atoms with Gasteiger partial charge in [-0.1, -0.05) is 21.1 Å². The molecule has 0 spiro atoms. The molecule has 1 aliphatic heterocycles. The van der Waals surface area contributed by atoms with Gasteiger partial charge < -0.3 is 14.5 Å². The zero-order valence-electron chi connectivity index (χ0n) is 17.3. The molecule has 162 valence electrons. The van der Waals surface area contributed by atoms with E-state index in [1.165, 1.54) is 6.33 Å². The minimum atomic E-state index is 0.0374. The van der Waals surface area contributed by atoms with Gasteiger partial charge >= 0.3 is 0 Å². The van der Waals surface area contributed by atoms with Gasteiger partial charge in [0.1, 0.15) is 12.1 Å². The summed E-state index contributed by atoms with van der Waals surface area (Å²) in [7, 11) is 1.63. The number of hydrogen-bond donors (Lipinski definition) is 0. The van der Waals surface area contributed by atoms with Crippen molar-refractivity contribution in [2.75, 3.05) is 38.2 Å². The van der Waals surface area contributed by atoms with Crippen LogP contribution in [0.2, 0.25) is 0 Å². The lowest BCUT2D eigenvalue weighted by molar-refractivity contribution is 0.0746.